The number of hydrogen-bond acceptors (Lipinski definition) is 4. The Bertz CT molecular complexity index is 811. The van der Waals surface area contributed by atoms with Gasteiger partial charge >= 0.3 is 0 Å². The maximum Gasteiger partial charge on any atom is 0.166 e. The molecule has 0 bridgehead atoms. The molecule has 2 aromatic heterocycles. The molecule has 0 aliphatic rings. The summed E-state index contributed by atoms with van der Waals surface area (Å²) in [5.41, 5.74) is 1.43. The van der Waals surface area contributed by atoms with Crippen molar-refractivity contribution in [2.24, 2.45) is 0 Å². The molecule has 0 atom stereocenters. The van der Waals surface area contributed by atoms with Crippen LogP contribution >= 0.6 is 11.3 Å². The molecule has 0 amide bonds. The van der Waals surface area contributed by atoms with Crippen LogP contribution in [0.3, 0.4) is 0 Å². The molecule has 1 aromatic carbocycles. The highest BCUT2D eigenvalue weighted by Gasteiger charge is 2.14. The molecule has 0 fully saturated rings. The van der Waals surface area contributed by atoms with E-state index in [1.165, 1.54) is 10.9 Å². The van der Waals surface area contributed by atoms with Crippen LogP contribution < -0.4 is 5.32 Å². The molecule has 1 N–H and O–H groups in total. The quantitative estimate of drug-likeness (QED) is 0.778. The second-order valence-corrected chi connectivity index (χ2v) is 6.03. The van der Waals surface area contributed by atoms with Crippen molar-refractivity contribution in [1.29, 1.82) is 0 Å². The van der Waals surface area contributed by atoms with Crippen molar-refractivity contribution in [3.05, 3.63) is 40.5 Å². The highest BCUT2D eigenvalue weighted by atomic mass is 32.1. The Balaban J connectivity index is 2.25. The normalized spacial score (nSPS) is 11.0. The average Bonchev–Trinajstić information content (AvgIpc) is 2.91. The third-order valence-electron chi connectivity index (χ3n) is 3.39. The van der Waals surface area contributed by atoms with E-state index in [4.69, 9.17) is 0 Å². The van der Waals surface area contributed by atoms with Gasteiger partial charge in [0, 0.05) is 11.9 Å². The van der Waals surface area contributed by atoms with Crippen LogP contribution in [0.15, 0.2) is 24.3 Å². The van der Waals surface area contributed by atoms with E-state index in [-0.39, 0.29) is 5.82 Å². The molecule has 0 radical (unpaired) electrons. The Morgan fingerprint density at radius 2 is 2.05 bits per heavy atom. The van der Waals surface area contributed by atoms with E-state index < -0.39 is 0 Å². The topological polar surface area (TPSA) is 37.8 Å². The molecule has 0 spiro atoms. The average molecular weight is 301 g/mol. The van der Waals surface area contributed by atoms with Crippen LogP contribution in [0.2, 0.25) is 0 Å². The Morgan fingerprint density at radius 1 is 1.24 bits per heavy atom. The molecular weight excluding hydrogens is 285 g/mol. The summed E-state index contributed by atoms with van der Waals surface area (Å²) in [5.74, 6) is 0.874. The van der Waals surface area contributed by atoms with Gasteiger partial charge in [-0.25, -0.2) is 14.4 Å². The van der Waals surface area contributed by atoms with Gasteiger partial charge in [-0.15, -0.1) is 11.3 Å². The fourth-order valence-electron chi connectivity index (χ4n) is 2.27. The van der Waals surface area contributed by atoms with Crippen LogP contribution in [0.1, 0.15) is 17.4 Å². The molecular formula is C16H16FN3S. The summed E-state index contributed by atoms with van der Waals surface area (Å²) in [7, 11) is 1.82. The van der Waals surface area contributed by atoms with Crippen molar-refractivity contribution in [1.82, 2.24) is 9.97 Å². The van der Waals surface area contributed by atoms with Crippen LogP contribution in [-0.4, -0.2) is 17.0 Å². The van der Waals surface area contributed by atoms with Gasteiger partial charge in [0.05, 0.1) is 10.9 Å². The first kappa shape index (κ1) is 13.9. The Labute approximate surface area is 126 Å². The first-order chi connectivity index (χ1) is 10.1. The summed E-state index contributed by atoms with van der Waals surface area (Å²) in [4.78, 5) is 11.2. The minimum absolute atomic E-state index is 0.297. The number of hydrogen-bond donors (Lipinski definition) is 1. The van der Waals surface area contributed by atoms with Crippen molar-refractivity contribution in [2.45, 2.75) is 20.3 Å². The van der Waals surface area contributed by atoms with E-state index in [1.807, 2.05) is 14.0 Å². The van der Waals surface area contributed by atoms with Crippen LogP contribution in [-0.2, 0) is 6.42 Å². The molecule has 3 nitrogen and oxygen atoms in total. The lowest BCUT2D eigenvalue weighted by Gasteiger charge is -2.07. The monoisotopic (exact) mass is 301 g/mol. The molecule has 0 aliphatic heterocycles. The predicted octanol–water partition coefficient (Wildman–Crippen LogP) is 4.41. The number of rotatable bonds is 3. The van der Waals surface area contributed by atoms with Crippen molar-refractivity contribution >= 4 is 27.4 Å². The molecule has 3 rings (SSSR count). The van der Waals surface area contributed by atoms with E-state index >= 15 is 0 Å². The number of nitrogens with one attached hydrogen (secondary N) is 1. The van der Waals surface area contributed by atoms with Gasteiger partial charge in [-0.2, -0.15) is 0 Å². The first-order valence-electron chi connectivity index (χ1n) is 6.87. The van der Waals surface area contributed by atoms with Gasteiger partial charge in [0.1, 0.15) is 16.5 Å². The van der Waals surface area contributed by atoms with Crippen LogP contribution in [0, 0.1) is 12.7 Å². The van der Waals surface area contributed by atoms with Crippen LogP contribution in [0.25, 0.3) is 21.6 Å². The Kier molecular flexibility index (Phi) is 3.59. The van der Waals surface area contributed by atoms with E-state index in [0.29, 0.717) is 11.4 Å². The van der Waals surface area contributed by atoms with Gasteiger partial charge in [-0.3, -0.25) is 0 Å². The fraction of sp³-hybridized carbons (Fsp3) is 0.250. The Morgan fingerprint density at radius 3 is 2.76 bits per heavy atom. The van der Waals surface area contributed by atoms with Crippen molar-refractivity contribution < 1.29 is 4.39 Å². The number of fused-ring (bicyclic) bond motifs is 1. The van der Waals surface area contributed by atoms with E-state index in [9.17, 15) is 4.39 Å². The van der Waals surface area contributed by atoms with E-state index in [2.05, 4.69) is 28.3 Å². The van der Waals surface area contributed by atoms with Gasteiger partial charge in [0.25, 0.3) is 0 Å². The Hall–Kier alpha value is -2.01. The maximum atomic E-state index is 14.1. The van der Waals surface area contributed by atoms with Crippen LogP contribution in [0.4, 0.5) is 10.2 Å². The number of aromatic nitrogens is 2. The predicted molar refractivity (Wildman–Crippen MR) is 86.5 cm³/mol. The standard InChI is InChI=1S/C16H16FN3S/c1-4-10-8-12-14(18-3)19-15(20-16(12)21-10)11-7-9(2)5-6-13(11)17/h5-8H,4H2,1-3H3,(H,18,19,20). The number of halogens is 1. The zero-order valence-corrected chi connectivity index (χ0v) is 13.0. The third-order valence-corrected chi connectivity index (χ3v) is 4.57. The van der Waals surface area contributed by atoms with Gasteiger partial charge in [-0.05, 0) is 31.5 Å². The van der Waals surface area contributed by atoms with Gasteiger partial charge in [0.15, 0.2) is 5.82 Å². The number of thiophene rings is 1. The molecule has 5 heteroatoms. The van der Waals surface area contributed by atoms with E-state index in [0.717, 1.165) is 28.0 Å². The summed E-state index contributed by atoms with van der Waals surface area (Å²) in [6.45, 7) is 4.04. The lowest BCUT2D eigenvalue weighted by Crippen LogP contribution is -1.98. The molecule has 0 saturated heterocycles. The molecule has 108 valence electrons. The minimum atomic E-state index is -0.297. The summed E-state index contributed by atoms with van der Waals surface area (Å²) in [6, 6.07) is 7.09. The lowest BCUT2D eigenvalue weighted by molar-refractivity contribution is 0.629. The number of nitrogens with zero attached hydrogens (tertiary/aromatic N) is 2. The number of benzene rings is 1. The molecule has 21 heavy (non-hydrogen) atoms. The summed E-state index contributed by atoms with van der Waals surface area (Å²) < 4.78 is 14.1. The summed E-state index contributed by atoms with van der Waals surface area (Å²) in [6.07, 6.45) is 0.957. The van der Waals surface area contributed by atoms with Crippen molar-refractivity contribution in [2.75, 3.05) is 12.4 Å². The maximum absolute atomic E-state index is 14.1. The van der Waals surface area contributed by atoms with Crippen molar-refractivity contribution in [3.63, 3.8) is 0 Å². The summed E-state index contributed by atoms with van der Waals surface area (Å²) in [5, 5.41) is 4.08. The largest absolute Gasteiger partial charge is 0.372 e. The molecule has 2 heterocycles. The second kappa shape index (κ2) is 5.41. The molecule has 0 unspecified atom stereocenters. The zero-order valence-electron chi connectivity index (χ0n) is 12.2. The fourth-order valence-corrected chi connectivity index (χ4v) is 3.23. The lowest BCUT2D eigenvalue weighted by atomic mass is 10.1. The number of aryl methyl sites for hydroxylation is 2. The van der Waals surface area contributed by atoms with Crippen molar-refractivity contribution in [3.8, 4) is 11.4 Å². The highest BCUT2D eigenvalue weighted by molar-refractivity contribution is 7.18. The van der Waals surface area contributed by atoms with Crippen LogP contribution in [0.5, 0.6) is 0 Å². The van der Waals surface area contributed by atoms with Gasteiger partial charge in [-0.1, -0.05) is 18.6 Å². The minimum Gasteiger partial charge on any atom is -0.372 e. The molecule has 0 saturated carbocycles. The number of anilines is 1. The van der Waals surface area contributed by atoms with Gasteiger partial charge in [0.2, 0.25) is 0 Å². The third kappa shape index (κ3) is 2.49. The zero-order chi connectivity index (χ0) is 15.0. The molecule has 3 aromatic rings. The summed E-state index contributed by atoms with van der Waals surface area (Å²) >= 11 is 1.63. The van der Waals surface area contributed by atoms with E-state index in [1.54, 1.807) is 23.5 Å². The van der Waals surface area contributed by atoms with Gasteiger partial charge < -0.3 is 5.32 Å². The smallest absolute Gasteiger partial charge is 0.166 e. The highest BCUT2D eigenvalue weighted by Crippen LogP contribution is 2.32. The molecule has 0 aliphatic carbocycles. The first-order valence-corrected chi connectivity index (χ1v) is 7.68. The second-order valence-electron chi connectivity index (χ2n) is 4.91. The SMILES string of the molecule is CCc1cc2c(NC)nc(-c3cc(C)ccc3F)nc2s1.